The molecule has 6 nitrogen and oxygen atoms in total. The number of rotatable bonds is 4. The summed E-state index contributed by atoms with van der Waals surface area (Å²) in [7, 11) is 0. The maximum atomic E-state index is 13.0. The van der Waals surface area contributed by atoms with Crippen molar-refractivity contribution in [2.45, 2.75) is 25.8 Å². The van der Waals surface area contributed by atoms with Crippen molar-refractivity contribution in [2.24, 2.45) is 0 Å². The highest BCUT2D eigenvalue weighted by atomic mass is 16.3. The molecular formula is C24H21N3O3. The largest absolute Gasteiger partial charge is 0.507 e. The van der Waals surface area contributed by atoms with Gasteiger partial charge in [-0.15, -0.1) is 0 Å². The molecule has 4 rings (SSSR count). The molecule has 0 radical (unpaired) electrons. The quantitative estimate of drug-likeness (QED) is 0.403. The lowest BCUT2D eigenvalue weighted by molar-refractivity contribution is -0.132. The molecule has 0 aliphatic carbocycles. The fourth-order valence-electron chi connectivity index (χ4n) is 3.60. The number of carbonyl (C=O) groups is 2. The molecule has 3 heterocycles. The highest BCUT2D eigenvalue weighted by Crippen LogP contribution is 2.41. The summed E-state index contributed by atoms with van der Waals surface area (Å²) in [6.45, 7) is 4.17. The molecule has 1 aliphatic heterocycles. The van der Waals surface area contributed by atoms with Crippen LogP contribution in [0.4, 0.5) is 5.69 Å². The number of hydrogen-bond donors (Lipinski definition) is 1. The van der Waals surface area contributed by atoms with Crippen LogP contribution in [-0.2, 0) is 9.59 Å². The number of benzene rings is 1. The zero-order valence-corrected chi connectivity index (χ0v) is 16.7. The average molecular weight is 399 g/mol. The van der Waals surface area contributed by atoms with Crippen molar-refractivity contribution in [2.75, 3.05) is 4.90 Å². The average Bonchev–Trinajstić information content (AvgIpc) is 3.05. The fraction of sp³-hybridized carbons (Fsp3) is 0.167. The molecule has 1 atom stereocenters. The predicted molar refractivity (Wildman–Crippen MR) is 114 cm³/mol. The summed E-state index contributed by atoms with van der Waals surface area (Å²) in [5, 5.41) is 10.9. The molecule has 1 fully saturated rings. The van der Waals surface area contributed by atoms with Crippen molar-refractivity contribution in [3.63, 3.8) is 0 Å². The Bertz CT molecular complexity index is 1110. The number of amides is 1. The van der Waals surface area contributed by atoms with Crippen LogP contribution in [0.3, 0.4) is 0 Å². The maximum Gasteiger partial charge on any atom is 0.300 e. The van der Waals surface area contributed by atoms with Gasteiger partial charge in [0.1, 0.15) is 11.8 Å². The number of ketones is 1. The predicted octanol–water partition coefficient (Wildman–Crippen LogP) is 4.23. The molecule has 2 aromatic heterocycles. The molecule has 30 heavy (non-hydrogen) atoms. The van der Waals surface area contributed by atoms with Crippen LogP contribution < -0.4 is 4.90 Å². The van der Waals surface area contributed by atoms with E-state index in [1.54, 1.807) is 36.5 Å². The molecule has 0 spiro atoms. The molecule has 1 amide bonds. The molecule has 150 valence electrons. The van der Waals surface area contributed by atoms with Gasteiger partial charge in [-0.2, -0.15) is 0 Å². The molecule has 0 saturated carbocycles. The van der Waals surface area contributed by atoms with Gasteiger partial charge in [0.15, 0.2) is 0 Å². The van der Waals surface area contributed by atoms with E-state index >= 15 is 0 Å². The number of aliphatic hydroxyl groups excluding tert-OH is 1. The van der Waals surface area contributed by atoms with E-state index in [9.17, 15) is 14.7 Å². The van der Waals surface area contributed by atoms with Crippen LogP contribution in [0, 0.1) is 0 Å². The van der Waals surface area contributed by atoms with Gasteiger partial charge in [0.2, 0.25) is 0 Å². The van der Waals surface area contributed by atoms with Crippen LogP contribution >= 0.6 is 0 Å². The Hall–Kier alpha value is -3.80. The third kappa shape index (κ3) is 3.37. The van der Waals surface area contributed by atoms with Gasteiger partial charge in [0, 0.05) is 29.8 Å². The molecular weight excluding hydrogens is 378 g/mol. The monoisotopic (exact) mass is 399 g/mol. The lowest BCUT2D eigenvalue weighted by atomic mass is 9.98. The number of anilines is 1. The van der Waals surface area contributed by atoms with Crippen LogP contribution in [0.2, 0.25) is 0 Å². The van der Waals surface area contributed by atoms with Crippen molar-refractivity contribution in [1.82, 2.24) is 9.97 Å². The second-order valence-electron chi connectivity index (χ2n) is 7.41. The van der Waals surface area contributed by atoms with Crippen molar-refractivity contribution in [3.05, 3.63) is 95.6 Å². The number of hydrogen-bond acceptors (Lipinski definition) is 5. The highest BCUT2D eigenvalue weighted by Gasteiger charge is 2.47. The van der Waals surface area contributed by atoms with Gasteiger partial charge in [-0.25, -0.2) is 0 Å². The van der Waals surface area contributed by atoms with Gasteiger partial charge >= 0.3 is 0 Å². The Morgan fingerprint density at radius 3 is 2.27 bits per heavy atom. The summed E-state index contributed by atoms with van der Waals surface area (Å²) in [6.07, 6.45) is 4.64. The number of carbonyl (C=O) groups excluding carboxylic acids is 2. The molecule has 1 aliphatic rings. The zero-order chi connectivity index (χ0) is 21.3. The van der Waals surface area contributed by atoms with Gasteiger partial charge in [-0.1, -0.05) is 32.0 Å². The Morgan fingerprint density at radius 2 is 1.67 bits per heavy atom. The summed E-state index contributed by atoms with van der Waals surface area (Å²) in [4.78, 5) is 35.8. The lowest BCUT2D eigenvalue weighted by Crippen LogP contribution is -2.29. The fourth-order valence-corrected chi connectivity index (χ4v) is 3.60. The molecule has 1 saturated heterocycles. The van der Waals surface area contributed by atoms with Crippen LogP contribution in [0.15, 0.2) is 78.8 Å². The Balaban J connectivity index is 1.90. The normalized spacial score (nSPS) is 18.2. The van der Waals surface area contributed by atoms with E-state index in [0.717, 1.165) is 5.56 Å². The van der Waals surface area contributed by atoms with Crippen molar-refractivity contribution < 1.29 is 14.7 Å². The Kier molecular flexibility index (Phi) is 5.14. The summed E-state index contributed by atoms with van der Waals surface area (Å²) in [6, 6.07) is 15.2. The minimum Gasteiger partial charge on any atom is -0.507 e. The van der Waals surface area contributed by atoms with Gasteiger partial charge < -0.3 is 5.11 Å². The minimum absolute atomic E-state index is 0.0119. The molecule has 1 N–H and O–H groups in total. The summed E-state index contributed by atoms with van der Waals surface area (Å²) in [5.41, 5.74) is 2.63. The number of nitrogens with zero attached hydrogens (tertiary/aromatic N) is 3. The van der Waals surface area contributed by atoms with Crippen molar-refractivity contribution in [1.29, 1.82) is 0 Å². The van der Waals surface area contributed by atoms with Gasteiger partial charge in [-0.05, 0) is 47.9 Å². The zero-order valence-electron chi connectivity index (χ0n) is 16.7. The first kappa shape index (κ1) is 19.5. The van der Waals surface area contributed by atoms with E-state index in [2.05, 4.69) is 23.8 Å². The Morgan fingerprint density at radius 1 is 0.967 bits per heavy atom. The maximum absolute atomic E-state index is 13.0. The van der Waals surface area contributed by atoms with Gasteiger partial charge in [-0.3, -0.25) is 24.5 Å². The summed E-state index contributed by atoms with van der Waals surface area (Å²) < 4.78 is 0. The second kappa shape index (κ2) is 7.91. The van der Waals surface area contributed by atoms with Crippen LogP contribution in [-0.4, -0.2) is 26.8 Å². The number of aromatic nitrogens is 2. The molecule has 6 heteroatoms. The molecule has 1 aromatic carbocycles. The first-order chi connectivity index (χ1) is 14.5. The Labute approximate surface area is 174 Å². The van der Waals surface area contributed by atoms with Crippen molar-refractivity contribution in [3.8, 4) is 0 Å². The third-order valence-corrected chi connectivity index (χ3v) is 5.20. The SMILES string of the molecule is CC(C)c1ccc(N2C(=O)C(=O)/C(=C(\O)c3ccncc3)C2c2ccccn2)cc1. The standard InChI is InChI=1S/C24H21N3O3/c1-15(2)16-6-8-18(9-7-16)27-21(19-5-3-4-12-26-19)20(23(29)24(27)30)22(28)17-10-13-25-14-11-17/h3-15,21,28H,1-2H3/b22-20-. The number of pyridine rings is 2. The van der Waals surface area contributed by atoms with Gasteiger partial charge in [0.25, 0.3) is 11.7 Å². The van der Waals surface area contributed by atoms with Crippen LogP contribution in [0.5, 0.6) is 0 Å². The highest BCUT2D eigenvalue weighted by molar-refractivity contribution is 6.51. The molecule has 3 aromatic rings. The van der Waals surface area contributed by atoms with E-state index in [1.165, 1.54) is 17.3 Å². The van der Waals surface area contributed by atoms with E-state index in [0.29, 0.717) is 22.9 Å². The lowest BCUT2D eigenvalue weighted by Gasteiger charge is -2.25. The second-order valence-corrected chi connectivity index (χ2v) is 7.41. The topological polar surface area (TPSA) is 83.4 Å². The number of Topliss-reactive ketones (excluding diaryl/α,β-unsaturated/α-hetero) is 1. The molecule has 1 unspecified atom stereocenters. The third-order valence-electron chi connectivity index (χ3n) is 5.20. The van der Waals surface area contributed by atoms with Gasteiger partial charge in [0.05, 0.1) is 11.3 Å². The van der Waals surface area contributed by atoms with E-state index in [4.69, 9.17) is 0 Å². The van der Waals surface area contributed by atoms with E-state index in [-0.39, 0.29) is 11.3 Å². The number of aliphatic hydroxyl groups is 1. The van der Waals surface area contributed by atoms with E-state index < -0.39 is 17.7 Å². The van der Waals surface area contributed by atoms with Crippen LogP contribution in [0.25, 0.3) is 5.76 Å². The van der Waals surface area contributed by atoms with Crippen LogP contribution in [0.1, 0.15) is 42.6 Å². The van der Waals surface area contributed by atoms with E-state index in [1.807, 2.05) is 24.3 Å². The summed E-state index contributed by atoms with van der Waals surface area (Å²) in [5.74, 6) is -1.34. The smallest absolute Gasteiger partial charge is 0.300 e. The minimum atomic E-state index is -0.829. The molecule has 0 bridgehead atoms. The summed E-state index contributed by atoms with van der Waals surface area (Å²) >= 11 is 0. The first-order valence-electron chi connectivity index (χ1n) is 9.71. The van der Waals surface area contributed by atoms with Crippen molar-refractivity contribution >= 4 is 23.1 Å². The first-order valence-corrected chi connectivity index (χ1v) is 9.71.